The summed E-state index contributed by atoms with van der Waals surface area (Å²) in [5.74, 6) is 0.134. The molecule has 0 aromatic heterocycles. The Morgan fingerprint density at radius 1 is 0.742 bits per heavy atom. The molecule has 156 valence electrons. The molecule has 0 fully saturated rings. The van der Waals surface area contributed by atoms with Crippen LogP contribution in [-0.2, 0) is 15.3 Å². The first-order valence-corrected chi connectivity index (χ1v) is 11.3. The molecular weight excluding hydrogens is 402 g/mol. The zero-order valence-electron chi connectivity index (χ0n) is 18.2. The minimum Gasteiger partial charge on any atom is -0.268 e. The SMILES string of the molecule is Cc1ccc(C)c(N2C(=O)C(SCc3ccccc3)=C(c3ccc(C)c(C)c3)C2=O)c1. The first-order valence-electron chi connectivity index (χ1n) is 10.3. The molecule has 2 amide bonds. The van der Waals surface area contributed by atoms with Crippen molar-refractivity contribution >= 4 is 34.8 Å². The number of benzene rings is 3. The van der Waals surface area contributed by atoms with Gasteiger partial charge >= 0.3 is 0 Å². The molecule has 0 aliphatic carbocycles. The molecule has 0 radical (unpaired) electrons. The van der Waals surface area contributed by atoms with Crippen molar-refractivity contribution in [1.29, 1.82) is 0 Å². The van der Waals surface area contributed by atoms with Gasteiger partial charge in [-0.15, -0.1) is 11.8 Å². The van der Waals surface area contributed by atoms with E-state index in [9.17, 15) is 9.59 Å². The van der Waals surface area contributed by atoms with Crippen molar-refractivity contribution in [3.8, 4) is 0 Å². The van der Waals surface area contributed by atoms with Gasteiger partial charge in [-0.3, -0.25) is 9.59 Å². The summed E-state index contributed by atoms with van der Waals surface area (Å²) < 4.78 is 0. The summed E-state index contributed by atoms with van der Waals surface area (Å²) >= 11 is 1.44. The van der Waals surface area contributed by atoms with Crippen molar-refractivity contribution in [3.05, 3.63) is 105 Å². The van der Waals surface area contributed by atoms with Gasteiger partial charge < -0.3 is 0 Å². The second-order valence-electron chi connectivity index (χ2n) is 8.01. The van der Waals surface area contributed by atoms with E-state index in [1.165, 1.54) is 16.7 Å². The zero-order valence-corrected chi connectivity index (χ0v) is 19.0. The van der Waals surface area contributed by atoms with Gasteiger partial charge in [0.1, 0.15) is 0 Å². The Morgan fingerprint density at radius 2 is 1.45 bits per heavy atom. The van der Waals surface area contributed by atoms with E-state index in [1.807, 2.05) is 94.4 Å². The third-order valence-electron chi connectivity index (χ3n) is 5.67. The number of carbonyl (C=O) groups excluding carboxylic acids is 2. The van der Waals surface area contributed by atoms with Crippen LogP contribution in [0.2, 0.25) is 0 Å². The van der Waals surface area contributed by atoms with Crippen LogP contribution >= 0.6 is 11.8 Å². The Labute approximate surface area is 187 Å². The highest BCUT2D eigenvalue weighted by atomic mass is 32.2. The van der Waals surface area contributed by atoms with Crippen molar-refractivity contribution in [3.63, 3.8) is 0 Å². The summed E-state index contributed by atoms with van der Waals surface area (Å²) in [6.45, 7) is 7.97. The molecular formula is C27H25NO2S. The van der Waals surface area contributed by atoms with E-state index < -0.39 is 0 Å². The molecule has 3 aromatic rings. The van der Waals surface area contributed by atoms with E-state index in [0.717, 1.165) is 33.4 Å². The largest absolute Gasteiger partial charge is 0.272 e. The van der Waals surface area contributed by atoms with Crippen LogP contribution in [0, 0.1) is 27.7 Å². The topological polar surface area (TPSA) is 37.4 Å². The number of carbonyl (C=O) groups is 2. The lowest BCUT2D eigenvalue weighted by Crippen LogP contribution is -2.32. The Morgan fingerprint density at radius 3 is 2.16 bits per heavy atom. The predicted molar refractivity (Wildman–Crippen MR) is 129 cm³/mol. The molecule has 0 N–H and O–H groups in total. The third-order valence-corrected chi connectivity index (χ3v) is 6.81. The fourth-order valence-corrected chi connectivity index (χ4v) is 4.77. The Bertz CT molecular complexity index is 1210. The second kappa shape index (κ2) is 8.56. The van der Waals surface area contributed by atoms with Gasteiger partial charge in [-0.25, -0.2) is 4.90 Å². The molecule has 3 nitrogen and oxygen atoms in total. The van der Waals surface area contributed by atoms with Gasteiger partial charge in [-0.05, 0) is 67.1 Å². The molecule has 1 aliphatic rings. The van der Waals surface area contributed by atoms with Gasteiger partial charge in [-0.2, -0.15) is 0 Å². The summed E-state index contributed by atoms with van der Waals surface area (Å²) in [4.78, 5) is 29.1. The molecule has 4 heteroatoms. The summed E-state index contributed by atoms with van der Waals surface area (Å²) in [5, 5.41) is 0. The summed E-state index contributed by atoms with van der Waals surface area (Å²) in [7, 11) is 0. The fraction of sp³-hybridized carbons (Fsp3) is 0.185. The molecule has 0 unspecified atom stereocenters. The minimum absolute atomic E-state index is 0.243. The van der Waals surface area contributed by atoms with Crippen LogP contribution in [0.4, 0.5) is 5.69 Å². The Balaban J connectivity index is 1.80. The van der Waals surface area contributed by atoms with Crippen LogP contribution in [-0.4, -0.2) is 11.8 Å². The number of anilines is 1. The highest BCUT2D eigenvalue weighted by Crippen LogP contribution is 2.40. The molecule has 3 aromatic carbocycles. The minimum atomic E-state index is -0.252. The van der Waals surface area contributed by atoms with E-state index >= 15 is 0 Å². The standard InChI is InChI=1S/C27H25NO2S/c1-17-10-11-19(3)23(14-17)28-26(29)24(22-13-12-18(2)20(4)15-22)25(27(28)30)31-16-21-8-6-5-7-9-21/h5-15H,16H2,1-4H3. The summed E-state index contributed by atoms with van der Waals surface area (Å²) in [6, 6.07) is 21.8. The lowest BCUT2D eigenvalue weighted by Gasteiger charge is -2.18. The molecule has 0 saturated carbocycles. The highest BCUT2D eigenvalue weighted by Gasteiger charge is 2.40. The lowest BCUT2D eigenvalue weighted by molar-refractivity contribution is -0.119. The molecule has 1 aliphatic heterocycles. The first kappa shape index (κ1) is 21.1. The molecule has 31 heavy (non-hydrogen) atoms. The zero-order chi connectivity index (χ0) is 22.1. The monoisotopic (exact) mass is 427 g/mol. The normalized spacial score (nSPS) is 14.0. The predicted octanol–water partition coefficient (Wildman–Crippen LogP) is 6.14. The number of rotatable bonds is 5. The third kappa shape index (κ3) is 4.08. The number of imide groups is 1. The van der Waals surface area contributed by atoms with Gasteiger partial charge in [0.15, 0.2) is 0 Å². The quantitative estimate of drug-likeness (QED) is 0.459. The Kier molecular flexibility index (Phi) is 5.84. The van der Waals surface area contributed by atoms with E-state index in [-0.39, 0.29) is 11.8 Å². The average Bonchev–Trinajstić information content (AvgIpc) is 3.00. The summed E-state index contributed by atoms with van der Waals surface area (Å²) in [5.41, 5.74) is 7.24. The van der Waals surface area contributed by atoms with Gasteiger partial charge in [0.2, 0.25) is 0 Å². The molecule has 0 spiro atoms. The number of amides is 2. The van der Waals surface area contributed by atoms with Crippen molar-refractivity contribution in [2.75, 3.05) is 4.90 Å². The van der Waals surface area contributed by atoms with Gasteiger partial charge in [0.05, 0.1) is 16.2 Å². The number of hydrogen-bond donors (Lipinski definition) is 0. The maximum atomic E-state index is 13.6. The first-order chi connectivity index (χ1) is 14.9. The highest BCUT2D eigenvalue weighted by molar-refractivity contribution is 8.03. The van der Waals surface area contributed by atoms with Crippen LogP contribution in [0.3, 0.4) is 0 Å². The maximum Gasteiger partial charge on any atom is 0.272 e. The molecule has 0 bridgehead atoms. The second-order valence-corrected chi connectivity index (χ2v) is 9.00. The molecule has 0 atom stereocenters. The van der Waals surface area contributed by atoms with Crippen molar-refractivity contribution < 1.29 is 9.59 Å². The van der Waals surface area contributed by atoms with E-state index in [4.69, 9.17) is 0 Å². The van der Waals surface area contributed by atoms with Crippen LogP contribution in [0.15, 0.2) is 71.6 Å². The van der Waals surface area contributed by atoms with Crippen LogP contribution in [0.25, 0.3) is 5.57 Å². The number of aryl methyl sites for hydroxylation is 4. The van der Waals surface area contributed by atoms with Crippen LogP contribution < -0.4 is 4.90 Å². The van der Waals surface area contributed by atoms with Crippen LogP contribution in [0.5, 0.6) is 0 Å². The van der Waals surface area contributed by atoms with E-state index in [0.29, 0.717) is 21.9 Å². The van der Waals surface area contributed by atoms with Gasteiger partial charge in [0.25, 0.3) is 11.8 Å². The van der Waals surface area contributed by atoms with Crippen molar-refractivity contribution in [2.24, 2.45) is 0 Å². The number of hydrogen-bond acceptors (Lipinski definition) is 3. The average molecular weight is 428 g/mol. The number of thioether (sulfide) groups is 1. The molecule has 0 saturated heterocycles. The number of nitrogens with zero attached hydrogens (tertiary/aromatic N) is 1. The fourth-order valence-electron chi connectivity index (χ4n) is 3.70. The summed E-state index contributed by atoms with van der Waals surface area (Å²) in [6.07, 6.45) is 0. The van der Waals surface area contributed by atoms with Gasteiger partial charge in [-0.1, -0.05) is 60.7 Å². The van der Waals surface area contributed by atoms with Crippen molar-refractivity contribution in [2.45, 2.75) is 33.4 Å². The van der Waals surface area contributed by atoms with Gasteiger partial charge in [0, 0.05) is 5.75 Å². The maximum absolute atomic E-state index is 13.6. The smallest absolute Gasteiger partial charge is 0.268 e. The van der Waals surface area contributed by atoms with E-state index in [1.54, 1.807) is 0 Å². The van der Waals surface area contributed by atoms with Crippen molar-refractivity contribution in [1.82, 2.24) is 0 Å². The van der Waals surface area contributed by atoms with E-state index in [2.05, 4.69) is 0 Å². The van der Waals surface area contributed by atoms with Crippen LogP contribution in [0.1, 0.15) is 33.4 Å². The molecule has 4 rings (SSSR count). The lowest BCUT2D eigenvalue weighted by atomic mass is 10.0. The Hall–Kier alpha value is -3.11. The molecule has 1 heterocycles.